The Labute approximate surface area is 136 Å². The maximum Gasteiger partial charge on any atom is 0.140 e. The van der Waals surface area contributed by atoms with Gasteiger partial charge in [-0.1, -0.05) is 15.9 Å². The van der Waals surface area contributed by atoms with Crippen molar-refractivity contribution in [3.05, 3.63) is 55.1 Å². The average Bonchev–Trinajstić information content (AvgIpc) is 2.37. The van der Waals surface area contributed by atoms with Crippen LogP contribution in [0, 0.1) is 11.3 Å². The van der Waals surface area contributed by atoms with E-state index in [1.54, 1.807) is 12.3 Å². The van der Waals surface area contributed by atoms with E-state index in [2.05, 4.69) is 58.1 Å². The van der Waals surface area contributed by atoms with Crippen molar-refractivity contribution in [1.82, 2.24) is 4.98 Å². The van der Waals surface area contributed by atoms with Crippen LogP contribution in [0.3, 0.4) is 0 Å². The molecule has 0 unspecified atom stereocenters. The molecular weight excluding hydrogens is 438 g/mol. The maximum absolute atomic E-state index is 8.81. The van der Waals surface area contributed by atoms with Crippen LogP contribution in [0.2, 0.25) is 0 Å². The third-order valence-corrected chi connectivity index (χ3v) is 4.12. The predicted octanol–water partition coefficient (Wildman–Crippen LogP) is 4.85. The lowest BCUT2D eigenvalue weighted by molar-refractivity contribution is 1.11. The van der Waals surface area contributed by atoms with E-state index in [1.807, 2.05) is 24.3 Å². The second-order valence-electron chi connectivity index (χ2n) is 3.76. The van der Waals surface area contributed by atoms with Crippen molar-refractivity contribution in [2.45, 2.75) is 6.54 Å². The molecule has 0 saturated heterocycles. The van der Waals surface area contributed by atoms with E-state index in [1.165, 1.54) is 0 Å². The summed E-state index contributed by atoms with van der Waals surface area (Å²) in [5, 5.41) is 12.1. The fourth-order valence-corrected chi connectivity index (χ4v) is 4.09. The molecule has 1 aromatic carbocycles. The molecule has 1 heterocycles. The molecular formula is C13H8Br3N3. The highest BCUT2D eigenvalue weighted by molar-refractivity contribution is 9.11. The van der Waals surface area contributed by atoms with Gasteiger partial charge in [0.05, 0.1) is 5.69 Å². The molecule has 6 heteroatoms. The molecule has 96 valence electrons. The molecule has 2 aromatic rings. The van der Waals surface area contributed by atoms with Crippen LogP contribution < -0.4 is 5.32 Å². The fraction of sp³-hybridized carbons (Fsp3) is 0.0769. The number of hydrogen-bond acceptors (Lipinski definition) is 3. The van der Waals surface area contributed by atoms with Gasteiger partial charge >= 0.3 is 0 Å². The van der Waals surface area contributed by atoms with E-state index in [0.717, 1.165) is 24.7 Å². The zero-order chi connectivity index (χ0) is 13.8. The smallest absolute Gasteiger partial charge is 0.140 e. The number of aromatic nitrogens is 1. The summed E-state index contributed by atoms with van der Waals surface area (Å²) in [4.78, 5) is 3.95. The Morgan fingerprint density at radius 3 is 2.47 bits per heavy atom. The van der Waals surface area contributed by atoms with Crippen LogP contribution in [-0.2, 0) is 6.54 Å². The van der Waals surface area contributed by atoms with Gasteiger partial charge < -0.3 is 5.32 Å². The Balaban J connectivity index is 2.17. The van der Waals surface area contributed by atoms with E-state index in [0.29, 0.717) is 12.2 Å². The Morgan fingerprint density at radius 2 is 1.84 bits per heavy atom. The minimum Gasteiger partial charge on any atom is -0.379 e. The van der Waals surface area contributed by atoms with Gasteiger partial charge in [0.2, 0.25) is 0 Å². The van der Waals surface area contributed by atoms with Crippen LogP contribution in [-0.4, -0.2) is 4.98 Å². The number of pyridine rings is 1. The maximum atomic E-state index is 8.81. The fourth-order valence-electron chi connectivity index (χ4n) is 1.55. The van der Waals surface area contributed by atoms with Crippen molar-refractivity contribution in [3.63, 3.8) is 0 Å². The molecule has 2 rings (SSSR count). The number of rotatable bonds is 3. The molecule has 1 N–H and O–H groups in total. The number of hydrogen-bond donors (Lipinski definition) is 1. The van der Waals surface area contributed by atoms with E-state index < -0.39 is 0 Å². The second kappa shape index (κ2) is 6.51. The van der Waals surface area contributed by atoms with Crippen LogP contribution in [0.4, 0.5) is 5.69 Å². The van der Waals surface area contributed by atoms with Gasteiger partial charge in [0, 0.05) is 26.2 Å². The summed E-state index contributed by atoms with van der Waals surface area (Å²) >= 11 is 10.5. The molecule has 0 atom stereocenters. The summed E-state index contributed by atoms with van der Waals surface area (Å²) in [7, 11) is 0. The molecule has 0 spiro atoms. The number of nitrogens with zero attached hydrogens (tertiary/aromatic N) is 2. The molecule has 0 aliphatic carbocycles. The first-order chi connectivity index (χ1) is 9.10. The third kappa shape index (κ3) is 3.78. The average molecular weight is 446 g/mol. The number of halogens is 3. The molecule has 1 aromatic heterocycles. The van der Waals surface area contributed by atoms with Crippen LogP contribution >= 0.6 is 47.8 Å². The zero-order valence-corrected chi connectivity index (χ0v) is 14.4. The molecule has 19 heavy (non-hydrogen) atoms. The summed E-state index contributed by atoms with van der Waals surface area (Å²) in [5.74, 6) is 0. The first kappa shape index (κ1) is 14.5. The molecule has 0 aliphatic heterocycles. The SMILES string of the molecule is N#Cc1cc(CNc2c(Br)cc(Br)cc2Br)ccn1. The molecule has 0 saturated carbocycles. The van der Waals surface area contributed by atoms with Gasteiger partial charge in [0.15, 0.2) is 0 Å². The van der Waals surface area contributed by atoms with Gasteiger partial charge in [-0.05, 0) is 61.7 Å². The minimum absolute atomic E-state index is 0.424. The van der Waals surface area contributed by atoms with Gasteiger partial charge in [0.25, 0.3) is 0 Å². The summed E-state index contributed by atoms with van der Waals surface area (Å²) in [6.45, 7) is 0.621. The quantitative estimate of drug-likeness (QED) is 0.734. The first-order valence-corrected chi connectivity index (χ1v) is 7.71. The largest absolute Gasteiger partial charge is 0.379 e. The van der Waals surface area contributed by atoms with Crippen LogP contribution in [0.25, 0.3) is 0 Å². The van der Waals surface area contributed by atoms with Crippen molar-refractivity contribution in [3.8, 4) is 6.07 Å². The van der Waals surface area contributed by atoms with E-state index in [-0.39, 0.29) is 0 Å². The highest BCUT2D eigenvalue weighted by Gasteiger charge is 2.06. The van der Waals surface area contributed by atoms with Crippen molar-refractivity contribution in [2.75, 3.05) is 5.32 Å². The molecule has 0 fully saturated rings. The first-order valence-electron chi connectivity index (χ1n) is 5.33. The molecule has 0 amide bonds. The van der Waals surface area contributed by atoms with Gasteiger partial charge in [-0.2, -0.15) is 5.26 Å². The summed E-state index contributed by atoms with van der Waals surface area (Å²) in [6, 6.07) is 9.63. The molecule has 0 radical (unpaired) electrons. The molecule has 0 aliphatic rings. The van der Waals surface area contributed by atoms with E-state index in [9.17, 15) is 0 Å². The van der Waals surface area contributed by atoms with Crippen molar-refractivity contribution < 1.29 is 0 Å². The normalized spacial score (nSPS) is 10.0. The number of anilines is 1. The third-order valence-electron chi connectivity index (χ3n) is 2.42. The van der Waals surface area contributed by atoms with Crippen LogP contribution in [0.1, 0.15) is 11.3 Å². The van der Waals surface area contributed by atoms with E-state index in [4.69, 9.17) is 5.26 Å². The summed E-state index contributed by atoms with van der Waals surface area (Å²) < 4.78 is 2.92. The minimum atomic E-state index is 0.424. The van der Waals surface area contributed by atoms with Crippen molar-refractivity contribution in [1.29, 1.82) is 5.26 Å². The Morgan fingerprint density at radius 1 is 1.16 bits per heavy atom. The van der Waals surface area contributed by atoms with Crippen LogP contribution in [0.5, 0.6) is 0 Å². The highest BCUT2D eigenvalue weighted by atomic mass is 79.9. The van der Waals surface area contributed by atoms with Crippen molar-refractivity contribution >= 4 is 53.5 Å². The Hall–Kier alpha value is -0.900. The zero-order valence-electron chi connectivity index (χ0n) is 9.62. The predicted molar refractivity (Wildman–Crippen MR) is 85.8 cm³/mol. The molecule has 0 bridgehead atoms. The topological polar surface area (TPSA) is 48.7 Å². The van der Waals surface area contributed by atoms with Gasteiger partial charge in [0.1, 0.15) is 11.8 Å². The van der Waals surface area contributed by atoms with Gasteiger partial charge in [-0.25, -0.2) is 4.98 Å². The van der Waals surface area contributed by atoms with Gasteiger partial charge in [-0.3, -0.25) is 0 Å². The highest BCUT2D eigenvalue weighted by Crippen LogP contribution is 2.34. The monoisotopic (exact) mass is 443 g/mol. The Kier molecular flexibility index (Phi) is 4.97. The summed E-state index contributed by atoms with van der Waals surface area (Å²) in [6.07, 6.45) is 1.64. The van der Waals surface area contributed by atoms with Crippen LogP contribution in [0.15, 0.2) is 43.9 Å². The van der Waals surface area contributed by atoms with E-state index >= 15 is 0 Å². The number of nitriles is 1. The summed E-state index contributed by atoms with van der Waals surface area (Å²) in [5.41, 5.74) is 2.40. The Bertz CT molecular complexity index is 627. The van der Waals surface area contributed by atoms with Crippen molar-refractivity contribution in [2.24, 2.45) is 0 Å². The lowest BCUT2D eigenvalue weighted by Gasteiger charge is -2.11. The lowest BCUT2D eigenvalue weighted by Crippen LogP contribution is -2.01. The second-order valence-corrected chi connectivity index (χ2v) is 6.38. The molecule has 3 nitrogen and oxygen atoms in total. The number of benzene rings is 1. The standard InChI is InChI=1S/C13H8Br3N3/c14-9-4-11(15)13(12(16)5-9)19-7-8-1-2-18-10(3-8)6-17/h1-5,19H,7H2. The van der Waals surface area contributed by atoms with Gasteiger partial charge in [-0.15, -0.1) is 0 Å². The lowest BCUT2D eigenvalue weighted by atomic mass is 10.2. The number of nitrogens with one attached hydrogen (secondary N) is 1.